The molecule has 6 nitrogen and oxygen atoms in total. The first-order valence-corrected chi connectivity index (χ1v) is 9.64. The highest BCUT2D eigenvalue weighted by atomic mass is 16.5. The van der Waals surface area contributed by atoms with Crippen molar-refractivity contribution < 1.29 is 14.3 Å². The molecule has 6 heteroatoms. The molecule has 3 rings (SSSR count). The van der Waals surface area contributed by atoms with Gasteiger partial charge in [-0.3, -0.25) is 4.79 Å². The molecule has 1 N–H and O–H groups in total. The molecule has 0 aliphatic carbocycles. The molecule has 0 bridgehead atoms. The van der Waals surface area contributed by atoms with Crippen molar-refractivity contribution >= 4 is 16.9 Å². The SMILES string of the molecule is CCC(=O)NC(C)c1nc2ccccc2n1CCCOc1ccccc1OC. The summed E-state index contributed by atoms with van der Waals surface area (Å²) in [6.07, 6.45) is 1.26. The van der Waals surface area contributed by atoms with Crippen LogP contribution in [0.25, 0.3) is 11.0 Å². The standard InChI is InChI=1S/C22H27N3O3/c1-4-21(26)23-16(2)22-24-17-10-5-6-11-18(17)25(22)14-9-15-28-20-13-8-7-12-19(20)27-3/h5-8,10-13,16H,4,9,14-15H2,1-3H3,(H,23,26). The molecule has 0 fully saturated rings. The number of para-hydroxylation sites is 4. The fourth-order valence-electron chi connectivity index (χ4n) is 3.21. The van der Waals surface area contributed by atoms with Crippen LogP contribution in [0.4, 0.5) is 0 Å². The van der Waals surface area contributed by atoms with Crippen LogP contribution in [0.15, 0.2) is 48.5 Å². The second kappa shape index (κ2) is 9.26. The van der Waals surface area contributed by atoms with Gasteiger partial charge in [-0.15, -0.1) is 0 Å². The van der Waals surface area contributed by atoms with Crippen LogP contribution < -0.4 is 14.8 Å². The number of hydrogen-bond donors (Lipinski definition) is 1. The molecule has 0 saturated heterocycles. The number of methoxy groups -OCH3 is 1. The molecule has 28 heavy (non-hydrogen) atoms. The topological polar surface area (TPSA) is 65.4 Å². The molecule has 2 aromatic carbocycles. The van der Waals surface area contributed by atoms with E-state index in [1.54, 1.807) is 7.11 Å². The number of ether oxygens (including phenoxy) is 2. The Morgan fingerprint density at radius 2 is 1.86 bits per heavy atom. The second-order valence-corrected chi connectivity index (χ2v) is 6.61. The highest BCUT2D eigenvalue weighted by Crippen LogP contribution is 2.26. The van der Waals surface area contributed by atoms with Crippen molar-refractivity contribution in [2.75, 3.05) is 13.7 Å². The second-order valence-electron chi connectivity index (χ2n) is 6.61. The van der Waals surface area contributed by atoms with Gasteiger partial charge in [0, 0.05) is 13.0 Å². The van der Waals surface area contributed by atoms with Crippen LogP contribution in [0.3, 0.4) is 0 Å². The van der Waals surface area contributed by atoms with Gasteiger partial charge in [0.15, 0.2) is 11.5 Å². The highest BCUT2D eigenvalue weighted by molar-refractivity contribution is 5.77. The van der Waals surface area contributed by atoms with Crippen LogP contribution in [0, 0.1) is 0 Å². The quantitative estimate of drug-likeness (QED) is 0.567. The average molecular weight is 381 g/mol. The number of fused-ring (bicyclic) bond motifs is 1. The number of benzene rings is 2. The summed E-state index contributed by atoms with van der Waals surface area (Å²) in [5.41, 5.74) is 1.99. The Morgan fingerprint density at radius 3 is 2.61 bits per heavy atom. The maximum Gasteiger partial charge on any atom is 0.220 e. The summed E-state index contributed by atoms with van der Waals surface area (Å²) in [6, 6.07) is 15.5. The van der Waals surface area contributed by atoms with E-state index in [-0.39, 0.29) is 11.9 Å². The van der Waals surface area contributed by atoms with Gasteiger partial charge in [0.1, 0.15) is 5.82 Å². The summed E-state index contributed by atoms with van der Waals surface area (Å²) in [6.45, 7) is 5.12. The monoisotopic (exact) mass is 381 g/mol. The van der Waals surface area contributed by atoms with E-state index in [2.05, 4.69) is 16.0 Å². The number of nitrogens with one attached hydrogen (secondary N) is 1. The van der Waals surface area contributed by atoms with E-state index in [0.29, 0.717) is 13.0 Å². The van der Waals surface area contributed by atoms with E-state index in [0.717, 1.165) is 41.3 Å². The van der Waals surface area contributed by atoms with Gasteiger partial charge in [-0.05, 0) is 37.6 Å². The molecule has 1 atom stereocenters. The van der Waals surface area contributed by atoms with Crippen molar-refractivity contribution in [1.82, 2.24) is 14.9 Å². The Balaban J connectivity index is 1.72. The summed E-state index contributed by atoms with van der Waals surface area (Å²) in [4.78, 5) is 16.6. The Labute approximate surface area is 165 Å². The third-order valence-electron chi connectivity index (χ3n) is 4.62. The lowest BCUT2D eigenvalue weighted by Crippen LogP contribution is -2.28. The first-order chi connectivity index (χ1) is 13.6. The van der Waals surface area contributed by atoms with Crippen LogP contribution in [0.2, 0.25) is 0 Å². The molecule has 1 aromatic heterocycles. The lowest BCUT2D eigenvalue weighted by molar-refractivity contribution is -0.121. The van der Waals surface area contributed by atoms with Gasteiger partial charge in [-0.25, -0.2) is 4.98 Å². The number of carbonyl (C=O) groups excluding carboxylic acids is 1. The first-order valence-electron chi connectivity index (χ1n) is 9.64. The van der Waals surface area contributed by atoms with E-state index in [4.69, 9.17) is 14.5 Å². The molecule has 1 heterocycles. The van der Waals surface area contributed by atoms with Gasteiger partial charge in [0.2, 0.25) is 5.91 Å². The average Bonchev–Trinajstić information content (AvgIpc) is 3.10. The Hall–Kier alpha value is -3.02. The predicted molar refractivity (Wildman–Crippen MR) is 110 cm³/mol. The number of aryl methyl sites for hydroxylation is 1. The van der Waals surface area contributed by atoms with E-state index >= 15 is 0 Å². The number of amides is 1. The van der Waals surface area contributed by atoms with E-state index in [9.17, 15) is 4.79 Å². The van der Waals surface area contributed by atoms with Gasteiger partial charge < -0.3 is 19.4 Å². The summed E-state index contributed by atoms with van der Waals surface area (Å²) in [7, 11) is 1.64. The number of carbonyl (C=O) groups is 1. The minimum absolute atomic E-state index is 0.0191. The molecule has 1 amide bonds. The highest BCUT2D eigenvalue weighted by Gasteiger charge is 2.17. The smallest absolute Gasteiger partial charge is 0.220 e. The van der Waals surface area contributed by atoms with E-state index in [1.807, 2.05) is 56.3 Å². The van der Waals surface area contributed by atoms with Gasteiger partial charge in [-0.2, -0.15) is 0 Å². The zero-order valence-electron chi connectivity index (χ0n) is 16.6. The maximum atomic E-state index is 11.8. The first kappa shape index (κ1) is 19.7. The van der Waals surface area contributed by atoms with Crippen LogP contribution in [0.1, 0.15) is 38.6 Å². The van der Waals surface area contributed by atoms with Crippen molar-refractivity contribution in [1.29, 1.82) is 0 Å². The fourth-order valence-corrected chi connectivity index (χ4v) is 3.21. The lowest BCUT2D eigenvalue weighted by Gasteiger charge is -2.16. The number of nitrogens with zero attached hydrogens (tertiary/aromatic N) is 2. The predicted octanol–water partition coefficient (Wildman–Crippen LogP) is 4.10. The summed E-state index contributed by atoms with van der Waals surface area (Å²) < 4.78 is 13.4. The van der Waals surface area contributed by atoms with E-state index < -0.39 is 0 Å². The molecular weight excluding hydrogens is 354 g/mol. The molecule has 0 aliphatic heterocycles. The van der Waals surface area contributed by atoms with Crippen molar-refractivity contribution in [3.05, 3.63) is 54.4 Å². The Morgan fingerprint density at radius 1 is 1.14 bits per heavy atom. The molecule has 0 saturated carbocycles. The van der Waals surface area contributed by atoms with E-state index in [1.165, 1.54) is 0 Å². The fraction of sp³-hybridized carbons (Fsp3) is 0.364. The third kappa shape index (κ3) is 4.44. The van der Waals surface area contributed by atoms with Gasteiger partial charge in [0.05, 0.1) is 30.8 Å². The van der Waals surface area contributed by atoms with Crippen molar-refractivity contribution in [2.45, 2.75) is 39.3 Å². The zero-order chi connectivity index (χ0) is 19.9. The molecule has 0 aliphatic rings. The minimum atomic E-state index is -0.157. The van der Waals surface area contributed by atoms with Crippen LogP contribution in [0.5, 0.6) is 11.5 Å². The van der Waals surface area contributed by atoms with Gasteiger partial charge in [-0.1, -0.05) is 31.2 Å². The third-order valence-corrected chi connectivity index (χ3v) is 4.62. The summed E-state index contributed by atoms with van der Waals surface area (Å²) in [5.74, 6) is 2.35. The zero-order valence-corrected chi connectivity index (χ0v) is 16.6. The molecule has 0 radical (unpaired) electrons. The largest absolute Gasteiger partial charge is 0.493 e. The molecule has 3 aromatic rings. The van der Waals surface area contributed by atoms with Crippen molar-refractivity contribution in [3.8, 4) is 11.5 Å². The Kier molecular flexibility index (Phi) is 6.53. The summed E-state index contributed by atoms with van der Waals surface area (Å²) in [5, 5.41) is 3.01. The molecular formula is C22H27N3O3. The van der Waals surface area contributed by atoms with Crippen LogP contribution >= 0.6 is 0 Å². The van der Waals surface area contributed by atoms with Crippen LogP contribution in [-0.4, -0.2) is 29.2 Å². The molecule has 0 spiro atoms. The van der Waals surface area contributed by atoms with Crippen molar-refractivity contribution in [3.63, 3.8) is 0 Å². The minimum Gasteiger partial charge on any atom is -0.493 e. The molecule has 1 unspecified atom stereocenters. The lowest BCUT2D eigenvalue weighted by atomic mass is 10.2. The number of aromatic nitrogens is 2. The normalized spacial score (nSPS) is 12.0. The van der Waals surface area contributed by atoms with Gasteiger partial charge in [0.25, 0.3) is 0 Å². The summed E-state index contributed by atoms with van der Waals surface area (Å²) >= 11 is 0. The maximum absolute atomic E-state index is 11.8. The number of imidazole rings is 1. The Bertz CT molecular complexity index is 936. The number of hydrogen-bond acceptors (Lipinski definition) is 4. The van der Waals surface area contributed by atoms with Gasteiger partial charge >= 0.3 is 0 Å². The van der Waals surface area contributed by atoms with Crippen LogP contribution in [-0.2, 0) is 11.3 Å². The number of rotatable bonds is 9. The molecule has 148 valence electrons. The van der Waals surface area contributed by atoms with Crippen molar-refractivity contribution in [2.24, 2.45) is 0 Å².